The first-order valence-electron chi connectivity index (χ1n) is 7.95. The third-order valence-corrected chi connectivity index (χ3v) is 3.74. The zero-order valence-electron chi connectivity index (χ0n) is 14.0. The predicted molar refractivity (Wildman–Crippen MR) is 104 cm³/mol. The zero-order valence-corrected chi connectivity index (χ0v) is 14.9. The van der Waals surface area contributed by atoms with Gasteiger partial charge >= 0.3 is 5.56 Å². The van der Waals surface area contributed by atoms with Gasteiger partial charge in [0.25, 0.3) is 0 Å². The van der Waals surface area contributed by atoms with Crippen LogP contribution >= 0.6 is 12.2 Å². The number of aromatic nitrogens is 2. The molecule has 1 aromatic heterocycles. The number of benzene rings is 2. The van der Waals surface area contributed by atoms with Crippen LogP contribution in [0.2, 0.25) is 0 Å². The average Bonchev–Trinajstić information content (AvgIpc) is 2.99. The Kier molecular flexibility index (Phi) is 5.23. The summed E-state index contributed by atoms with van der Waals surface area (Å²) in [5, 5.41) is 11.1. The van der Waals surface area contributed by atoms with Crippen molar-refractivity contribution < 1.29 is 4.74 Å². The lowest BCUT2D eigenvalue weighted by atomic mass is 10.1. The van der Waals surface area contributed by atoms with Gasteiger partial charge in [-0.3, -0.25) is 9.89 Å². The molecule has 0 spiro atoms. The SMILES string of the molecule is CCOc1ccc(N=Nc2c(-c3ccccc3)[nH]n(C(N)=S)c2=O)cc1. The molecule has 0 radical (unpaired) electrons. The van der Waals surface area contributed by atoms with Crippen LogP contribution in [0, 0.1) is 0 Å². The standard InChI is InChI=1S/C18H17N5O2S/c1-2-25-14-10-8-13(9-11-14)20-21-16-15(12-6-4-3-5-7-12)22-23(17(16)24)18(19)26/h3-11,22H,2H2,1H3,(H2,19,26). The number of nitrogens with two attached hydrogens (primary N) is 1. The van der Waals surface area contributed by atoms with Crippen molar-refractivity contribution in [3.05, 3.63) is 65.0 Å². The number of H-pyrrole nitrogens is 1. The molecule has 0 saturated heterocycles. The van der Waals surface area contributed by atoms with Gasteiger partial charge in [-0.05, 0) is 43.4 Å². The van der Waals surface area contributed by atoms with E-state index >= 15 is 0 Å². The quantitative estimate of drug-likeness (QED) is 0.530. The molecular formula is C18H17N5O2S. The van der Waals surface area contributed by atoms with E-state index in [1.54, 1.807) is 24.3 Å². The molecule has 2 aromatic carbocycles. The molecule has 7 nitrogen and oxygen atoms in total. The molecule has 132 valence electrons. The number of azo groups is 1. The molecule has 0 amide bonds. The van der Waals surface area contributed by atoms with Crippen molar-refractivity contribution in [2.75, 3.05) is 6.61 Å². The van der Waals surface area contributed by atoms with Gasteiger partial charge in [-0.25, -0.2) is 0 Å². The van der Waals surface area contributed by atoms with Gasteiger partial charge in [0.15, 0.2) is 10.8 Å². The van der Waals surface area contributed by atoms with Crippen molar-refractivity contribution in [1.82, 2.24) is 9.78 Å². The number of rotatable bonds is 5. The summed E-state index contributed by atoms with van der Waals surface area (Å²) in [5.74, 6) is 0.744. The second-order valence-corrected chi connectivity index (χ2v) is 5.73. The lowest BCUT2D eigenvalue weighted by Crippen LogP contribution is -2.29. The Morgan fingerprint density at radius 1 is 1.15 bits per heavy atom. The van der Waals surface area contributed by atoms with E-state index < -0.39 is 5.56 Å². The Bertz CT molecular complexity index is 991. The van der Waals surface area contributed by atoms with E-state index in [1.165, 1.54) is 0 Å². The smallest absolute Gasteiger partial charge is 0.301 e. The fourth-order valence-electron chi connectivity index (χ4n) is 2.37. The van der Waals surface area contributed by atoms with E-state index in [0.717, 1.165) is 16.0 Å². The highest BCUT2D eigenvalue weighted by atomic mass is 32.1. The van der Waals surface area contributed by atoms with Crippen molar-refractivity contribution in [2.24, 2.45) is 16.0 Å². The van der Waals surface area contributed by atoms with Crippen LogP contribution in [0.4, 0.5) is 11.4 Å². The Hall–Kier alpha value is -3.26. The van der Waals surface area contributed by atoms with Crippen LogP contribution in [0.25, 0.3) is 11.3 Å². The third kappa shape index (κ3) is 3.70. The molecular weight excluding hydrogens is 350 g/mol. The fraction of sp³-hybridized carbons (Fsp3) is 0.111. The van der Waals surface area contributed by atoms with E-state index in [0.29, 0.717) is 18.0 Å². The fourth-order valence-corrected chi connectivity index (χ4v) is 2.49. The molecule has 0 aliphatic heterocycles. The summed E-state index contributed by atoms with van der Waals surface area (Å²) in [4.78, 5) is 12.6. The van der Waals surface area contributed by atoms with Gasteiger partial charge in [0.05, 0.1) is 18.0 Å². The van der Waals surface area contributed by atoms with Crippen molar-refractivity contribution in [2.45, 2.75) is 6.92 Å². The lowest BCUT2D eigenvalue weighted by Gasteiger charge is -2.01. The Balaban J connectivity index is 2.00. The van der Waals surface area contributed by atoms with Gasteiger partial charge in [-0.15, -0.1) is 5.11 Å². The van der Waals surface area contributed by atoms with E-state index in [-0.39, 0.29) is 10.8 Å². The Morgan fingerprint density at radius 2 is 1.85 bits per heavy atom. The monoisotopic (exact) mass is 367 g/mol. The van der Waals surface area contributed by atoms with E-state index in [9.17, 15) is 4.79 Å². The molecule has 0 atom stereocenters. The molecule has 0 aliphatic rings. The minimum Gasteiger partial charge on any atom is -0.494 e. The molecule has 0 bridgehead atoms. The summed E-state index contributed by atoms with van der Waals surface area (Å²) in [5.41, 5.74) is 7.16. The minimum absolute atomic E-state index is 0.0882. The van der Waals surface area contributed by atoms with Crippen LogP contribution < -0.4 is 16.0 Å². The largest absolute Gasteiger partial charge is 0.494 e. The maximum absolute atomic E-state index is 12.6. The predicted octanol–water partition coefficient (Wildman–Crippen LogP) is 3.75. The number of hydrogen-bond acceptors (Lipinski definition) is 5. The molecule has 1 heterocycles. The first kappa shape index (κ1) is 17.6. The molecule has 3 N–H and O–H groups in total. The van der Waals surface area contributed by atoms with Crippen molar-refractivity contribution >= 4 is 28.7 Å². The maximum Gasteiger partial charge on any atom is 0.301 e. The Labute approximate surface area is 155 Å². The van der Waals surface area contributed by atoms with Gasteiger partial charge in [0, 0.05) is 5.56 Å². The zero-order chi connectivity index (χ0) is 18.5. The van der Waals surface area contributed by atoms with Crippen molar-refractivity contribution in [1.29, 1.82) is 0 Å². The van der Waals surface area contributed by atoms with Crippen LogP contribution in [0.15, 0.2) is 69.6 Å². The number of hydrogen-bond donors (Lipinski definition) is 2. The normalized spacial score (nSPS) is 11.0. The molecule has 3 rings (SSSR count). The maximum atomic E-state index is 12.6. The highest BCUT2D eigenvalue weighted by molar-refractivity contribution is 7.80. The van der Waals surface area contributed by atoms with E-state index in [2.05, 4.69) is 15.3 Å². The molecule has 26 heavy (non-hydrogen) atoms. The van der Waals surface area contributed by atoms with Gasteiger partial charge in [0.1, 0.15) is 5.75 Å². The van der Waals surface area contributed by atoms with Crippen LogP contribution in [0.5, 0.6) is 5.75 Å². The van der Waals surface area contributed by atoms with Gasteiger partial charge < -0.3 is 10.5 Å². The average molecular weight is 367 g/mol. The molecule has 0 fully saturated rings. The van der Waals surface area contributed by atoms with Crippen LogP contribution in [0.3, 0.4) is 0 Å². The first-order chi connectivity index (χ1) is 12.6. The molecule has 8 heteroatoms. The molecule has 3 aromatic rings. The number of ether oxygens (including phenoxy) is 1. The number of nitrogens with one attached hydrogen (secondary N) is 1. The summed E-state index contributed by atoms with van der Waals surface area (Å²) in [6, 6.07) is 16.4. The van der Waals surface area contributed by atoms with Crippen LogP contribution in [-0.2, 0) is 0 Å². The van der Waals surface area contributed by atoms with Crippen LogP contribution in [-0.4, -0.2) is 21.5 Å². The lowest BCUT2D eigenvalue weighted by molar-refractivity contribution is 0.340. The second-order valence-electron chi connectivity index (χ2n) is 5.31. The number of nitrogens with zero attached hydrogens (tertiary/aromatic N) is 3. The molecule has 0 saturated carbocycles. The van der Waals surface area contributed by atoms with E-state index in [1.807, 2.05) is 37.3 Å². The molecule has 0 aliphatic carbocycles. The highest BCUT2D eigenvalue weighted by Crippen LogP contribution is 2.27. The summed E-state index contributed by atoms with van der Waals surface area (Å²) < 4.78 is 6.46. The summed E-state index contributed by atoms with van der Waals surface area (Å²) in [6.45, 7) is 2.50. The Morgan fingerprint density at radius 3 is 2.46 bits per heavy atom. The van der Waals surface area contributed by atoms with Crippen molar-refractivity contribution in [3.63, 3.8) is 0 Å². The minimum atomic E-state index is -0.453. The van der Waals surface area contributed by atoms with Gasteiger partial charge in [0.2, 0.25) is 0 Å². The second kappa shape index (κ2) is 7.75. The third-order valence-electron chi connectivity index (χ3n) is 3.56. The number of thiocarbonyl (C=S) groups is 1. The summed E-state index contributed by atoms with van der Waals surface area (Å²) >= 11 is 4.91. The first-order valence-corrected chi connectivity index (χ1v) is 8.36. The van der Waals surface area contributed by atoms with Crippen LogP contribution in [0.1, 0.15) is 6.92 Å². The van der Waals surface area contributed by atoms with Gasteiger partial charge in [-0.2, -0.15) is 9.80 Å². The van der Waals surface area contributed by atoms with Gasteiger partial charge in [-0.1, -0.05) is 30.3 Å². The summed E-state index contributed by atoms with van der Waals surface area (Å²) in [7, 11) is 0. The topological polar surface area (TPSA) is 97.8 Å². The summed E-state index contributed by atoms with van der Waals surface area (Å²) in [6.07, 6.45) is 0. The highest BCUT2D eigenvalue weighted by Gasteiger charge is 2.16. The van der Waals surface area contributed by atoms with E-state index in [4.69, 9.17) is 22.7 Å². The number of aromatic amines is 1. The molecule has 0 unspecified atom stereocenters. The van der Waals surface area contributed by atoms with Crippen molar-refractivity contribution in [3.8, 4) is 17.0 Å².